The van der Waals surface area contributed by atoms with E-state index in [9.17, 15) is 4.79 Å². The van der Waals surface area contributed by atoms with Gasteiger partial charge in [-0.1, -0.05) is 49.0 Å². The van der Waals surface area contributed by atoms with Crippen molar-refractivity contribution in [3.8, 4) is 0 Å². The van der Waals surface area contributed by atoms with Gasteiger partial charge in [0, 0.05) is 25.4 Å². The average Bonchev–Trinajstić information content (AvgIpc) is 2.46. The molecule has 3 nitrogen and oxygen atoms in total. The topological polar surface area (TPSA) is 46.3 Å². The van der Waals surface area contributed by atoms with Crippen molar-refractivity contribution in [2.45, 2.75) is 52.5 Å². The number of carbonyl (C=O) groups is 1. The van der Waals surface area contributed by atoms with Crippen LogP contribution < -0.4 is 5.73 Å². The van der Waals surface area contributed by atoms with Crippen molar-refractivity contribution in [2.75, 3.05) is 6.54 Å². The fourth-order valence-corrected chi connectivity index (χ4v) is 2.28. The van der Waals surface area contributed by atoms with Crippen molar-refractivity contribution in [3.63, 3.8) is 0 Å². The summed E-state index contributed by atoms with van der Waals surface area (Å²) in [7, 11) is 0. The summed E-state index contributed by atoms with van der Waals surface area (Å²) in [6.45, 7) is 6.85. The summed E-state index contributed by atoms with van der Waals surface area (Å²) in [6.07, 6.45) is 2.84. The van der Waals surface area contributed by atoms with Crippen LogP contribution in [0.2, 0.25) is 0 Å². The number of nitrogens with zero attached hydrogens (tertiary/aromatic N) is 1. The third-order valence-corrected chi connectivity index (χ3v) is 3.99. The Kier molecular flexibility index (Phi) is 7.37. The van der Waals surface area contributed by atoms with Crippen molar-refractivity contribution >= 4 is 23.1 Å². The predicted molar refractivity (Wildman–Crippen MR) is 92.4 cm³/mol. The lowest BCUT2D eigenvalue weighted by Gasteiger charge is -2.28. The molecule has 0 saturated heterocycles. The third-order valence-electron chi connectivity index (χ3n) is 3.79. The molecular formula is C17H26N2OS. The second-order valence-corrected chi connectivity index (χ2v) is 6.07. The fourth-order valence-electron chi connectivity index (χ4n) is 2.19. The SMILES string of the molecule is CCC(C)N(CCC(N)=S)C(=O)CCc1ccc(C)cc1. The third kappa shape index (κ3) is 6.25. The average molecular weight is 306 g/mol. The molecule has 0 aromatic heterocycles. The van der Waals surface area contributed by atoms with E-state index in [0.29, 0.717) is 24.4 Å². The molecule has 1 unspecified atom stereocenters. The van der Waals surface area contributed by atoms with Gasteiger partial charge in [-0.25, -0.2) is 0 Å². The Hall–Kier alpha value is -1.42. The Morgan fingerprint density at radius 3 is 2.43 bits per heavy atom. The summed E-state index contributed by atoms with van der Waals surface area (Å²) in [5, 5.41) is 0. The molecular weight excluding hydrogens is 280 g/mol. The van der Waals surface area contributed by atoms with Crippen molar-refractivity contribution in [1.82, 2.24) is 4.90 Å². The summed E-state index contributed by atoms with van der Waals surface area (Å²) in [4.78, 5) is 14.8. The molecule has 0 radical (unpaired) electrons. The maximum atomic E-state index is 12.4. The first kappa shape index (κ1) is 17.6. The number of rotatable bonds is 8. The Labute approximate surface area is 133 Å². The highest BCUT2D eigenvalue weighted by atomic mass is 32.1. The van der Waals surface area contributed by atoms with Crippen molar-refractivity contribution < 1.29 is 4.79 Å². The lowest BCUT2D eigenvalue weighted by atomic mass is 10.1. The highest BCUT2D eigenvalue weighted by Gasteiger charge is 2.18. The van der Waals surface area contributed by atoms with Gasteiger partial charge in [0.25, 0.3) is 0 Å². The van der Waals surface area contributed by atoms with Crippen LogP contribution in [-0.4, -0.2) is 28.4 Å². The molecule has 0 bridgehead atoms. The Bertz CT molecular complexity index is 470. The summed E-state index contributed by atoms with van der Waals surface area (Å²) in [6, 6.07) is 8.57. The minimum absolute atomic E-state index is 0.182. The van der Waals surface area contributed by atoms with Crippen molar-refractivity contribution in [1.29, 1.82) is 0 Å². The molecule has 0 saturated carbocycles. The largest absolute Gasteiger partial charge is 0.393 e. The van der Waals surface area contributed by atoms with Crippen LogP contribution in [-0.2, 0) is 11.2 Å². The van der Waals surface area contributed by atoms with Gasteiger partial charge in [-0.2, -0.15) is 0 Å². The molecule has 4 heteroatoms. The van der Waals surface area contributed by atoms with Gasteiger partial charge in [-0.05, 0) is 32.3 Å². The lowest BCUT2D eigenvalue weighted by Crippen LogP contribution is -2.40. The first-order valence-corrected chi connectivity index (χ1v) is 7.98. The highest BCUT2D eigenvalue weighted by Crippen LogP contribution is 2.11. The smallest absolute Gasteiger partial charge is 0.223 e. The number of hydrogen-bond acceptors (Lipinski definition) is 2. The van der Waals surface area contributed by atoms with E-state index in [1.807, 2.05) is 4.90 Å². The van der Waals surface area contributed by atoms with Gasteiger partial charge in [0.15, 0.2) is 0 Å². The van der Waals surface area contributed by atoms with Crippen LogP contribution in [0, 0.1) is 6.92 Å². The van der Waals surface area contributed by atoms with Crippen LogP contribution in [0.15, 0.2) is 24.3 Å². The summed E-state index contributed by atoms with van der Waals surface area (Å²) in [5.74, 6) is 0.182. The second-order valence-electron chi connectivity index (χ2n) is 5.55. The van der Waals surface area contributed by atoms with Gasteiger partial charge < -0.3 is 10.6 Å². The predicted octanol–water partition coefficient (Wildman–Crippen LogP) is 3.23. The Morgan fingerprint density at radius 2 is 1.90 bits per heavy atom. The zero-order chi connectivity index (χ0) is 15.8. The molecule has 2 N–H and O–H groups in total. The van der Waals surface area contributed by atoms with Crippen LogP contribution in [0.25, 0.3) is 0 Å². The lowest BCUT2D eigenvalue weighted by molar-refractivity contribution is -0.133. The van der Waals surface area contributed by atoms with Gasteiger partial charge in [-0.15, -0.1) is 0 Å². The second kappa shape index (κ2) is 8.78. The molecule has 116 valence electrons. The molecule has 1 atom stereocenters. The molecule has 1 aromatic rings. The number of amides is 1. The highest BCUT2D eigenvalue weighted by molar-refractivity contribution is 7.80. The van der Waals surface area contributed by atoms with E-state index in [4.69, 9.17) is 18.0 Å². The first-order valence-electron chi connectivity index (χ1n) is 7.57. The van der Waals surface area contributed by atoms with E-state index in [1.54, 1.807) is 0 Å². The van der Waals surface area contributed by atoms with Crippen molar-refractivity contribution in [2.24, 2.45) is 5.73 Å². The van der Waals surface area contributed by atoms with E-state index in [-0.39, 0.29) is 11.9 Å². The zero-order valence-corrected chi connectivity index (χ0v) is 14.1. The molecule has 1 aromatic carbocycles. The quantitative estimate of drug-likeness (QED) is 0.750. The van der Waals surface area contributed by atoms with E-state index in [2.05, 4.69) is 45.0 Å². The molecule has 21 heavy (non-hydrogen) atoms. The van der Waals surface area contributed by atoms with E-state index < -0.39 is 0 Å². The first-order chi connectivity index (χ1) is 9.93. The number of aryl methyl sites for hydroxylation is 2. The van der Waals surface area contributed by atoms with Crippen LogP contribution in [0.1, 0.15) is 44.2 Å². The van der Waals surface area contributed by atoms with Crippen molar-refractivity contribution in [3.05, 3.63) is 35.4 Å². The Morgan fingerprint density at radius 1 is 1.29 bits per heavy atom. The zero-order valence-electron chi connectivity index (χ0n) is 13.3. The van der Waals surface area contributed by atoms with Crippen LogP contribution >= 0.6 is 12.2 Å². The van der Waals surface area contributed by atoms with Gasteiger partial charge in [0.05, 0.1) is 4.99 Å². The number of hydrogen-bond donors (Lipinski definition) is 1. The molecule has 0 spiro atoms. The molecule has 0 aliphatic rings. The van der Waals surface area contributed by atoms with Crippen LogP contribution in [0.4, 0.5) is 0 Å². The van der Waals surface area contributed by atoms with Gasteiger partial charge in [0.1, 0.15) is 0 Å². The molecule has 0 fully saturated rings. The molecule has 0 heterocycles. The minimum atomic E-state index is 0.182. The van der Waals surface area contributed by atoms with Gasteiger partial charge in [-0.3, -0.25) is 4.79 Å². The minimum Gasteiger partial charge on any atom is -0.393 e. The number of thiocarbonyl (C=S) groups is 1. The van der Waals surface area contributed by atoms with Gasteiger partial charge in [0.2, 0.25) is 5.91 Å². The van der Waals surface area contributed by atoms with Gasteiger partial charge >= 0.3 is 0 Å². The van der Waals surface area contributed by atoms with E-state index >= 15 is 0 Å². The summed E-state index contributed by atoms with van der Waals surface area (Å²) in [5.41, 5.74) is 8.00. The van der Waals surface area contributed by atoms with E-state index in [0.717, 1.165) is 12.8 Å². The molecule has 1 rings (SSSR count). The monoisotopic (exact) mass is 306 g/mol. The molecule has 0 aliphatic heterocycles. The maximum Gasteiger partial charge on any atom is 0.223 e. The summed E-state index contributed by atoms with van der Waals surface area (Å²) >= 11 is 4.92. The summed E-state index contributed by atoms with van der Waals surface area (Å²) < 4.78 is 0. The number of nitrogens with two attached hydrogens (primary N) is 1. The maximum absolute atomic E-state index is 12.4. The number of carbonyl (C=O) groups excluding carboxylic acids is 1. The Balaban J connectivity index is 2.58. The standard InChI is InChI=1S/C17H26N2OS/c1-4-14(3)19(12-11-16(18)21)17(20)10-9-15-7-5-13(2)6-8-15/h5-8,14H,4,9-12H2,1-3H3,(H2,18,21). The molecule has 1 amide bonds. The van der Waals surface area contributed by atoms with Crippen LogP contribution in [0.5, 0.6) is 0 Å². The number of benzene rings is 1. The fraction of sp³-hybridized carbons (Fsp3) is 0.529. The molecule has 0 aliphatic carbocycles. The van der Waals surface area contributed by atoms with Crippen LogP contribution in [0.3, 0.4) is 0 Å². The normalized spacial score (nSPS) is 12.0. The van der Waals surface area contributed by atoms with E-state index in [1.165, 1.54) is 11.1 Å².